The third-order valence-electron chi connectivity index (χ3n) is 3.20. The second-order valence-corrected chi connectivity index (χ2v) is 8.13. The average molecular weight is 411 g/mol. The van der Waals surface area contributed by atoms with Crippen molar-refractivity contribution in [3.05, 3.63) is 27.1 Å². The Kier molecular flexibility index (Phi) is 4.81. The molecule has 1 saturated heterocycles. The van der Waals surface area contributed by atoms with Gasteiger partial charge < -0.3 is 4.79 Å². The maximum atomic E-state index is 12.5. The zero-order valence-corrected chi connectivity index (χ0v) is 14.0. The van der Waals surface area contributed by atoms with Crippen LogP contribution in [-0.4, -0.2) is 32.1 Å². The summed E-state index contributed by atoms with van der Waals surface area (Å²) in [5, 5.41) is 0. The number of halogens is 2. The van der Waals surface area contributed by atoms with Crippen LogP contribution in [0.25, 0.3) is 0 Å². The van der Waals surface area contributed by atoms with Gasteiger partial charge in [0, 0.05) is 28.0 Å². The summed E-state index contributed by atoms with van der Waals surface area (Å²) in [6.45, 7) is 0.794. The van der Waals surface area contributed by atoms with Gasteiger partial charge in [-0.05, 0) is 47.0 Å². The second kappa shape index (κ2) is 6.03. The van der Waals surface area contributed by atoms with Crippen LogP contribution < -0.4 is 0 Å². The van der Waals surface area contributed by atoms with E-state index in [1.54, 1.807) is 18.2 Å². The average Bonchev–Trinajstić information content (AvgIpc) is 2.38. The molecule has 0 N–H and O–H groups in total. The van der Waals surface area contributed by atoms with Gasteiger partial charge in [0.15, 0.2) is 0 Å². The number of carbonyl (C=O) groups is 1. The Morgan fingerprint density at radius 1 is 1.21 bits per heavy atom. The summed E-state index contributed by atoms with van der Waals surface area (Å²) >= 11 is 6.58. The molecule has 1 heterocycles. The molecule has 0 unspecified atom stereocenters. The lowest BCUT2D eigenvalue weighted by atomic mass is 10.0. The number of sulfonamides is 1. The fourth-order valence-corrected chi connectivity index (χ4v) is 5.25. The molecule has 1 aliphatic heterocycles. The maximum Gasteiger partial charge on any atom is 0.244 e. The zero-order chi connectivity index (χ0) is 14.0. The van der Waals surface area contributed by atoms with E-state index in [-0.39, 0.29) is 10.8 Å². The van der Waals surface area contributed by atoms with Crippen molar-refractivity contribution in [3.8, 4) is 0 Å². The summed E-state index contributed by atoms with van der Waals surface area (Å²) in [6, 6.07) is 5.00. The van der Waals surface area contributed by atoms with Gasteiger partial charge in [-0.3, -0.25) is 0 Å². The highest BCUT2D eigenvalue weighted by molar-refractivity contribution is 9.11. The molecule has 1 aromatic carbocycles. The molecule has 1 aromatic rings. The Hall–Kier alpha value is -0.240. The highest BCUT2D eigenvalue weighted by Gasteiger charge is 2.30. The second-order valence-electron chi connectivity index (χ2n) is 4.45. The van der Waals surface area contributed by atoms with Crippen molar-refractivity contribution in [1.29, 1.82) is 0 Å². The lowest BCUT2D eigenvalue weighted by molar-refractivity contribution is -0.112. The van der Waals surface area contributed by atoms with Crippen LogP contribution in [0.15, 0.2) is 32.0 Å². The van der Waals surface area contributed by atoms with Crippen molar-refractivity contribution >= 4 is 48.2 Å². The molecular formula is C12H13Br2NO3S. The number of benzene rings is 1. The normalized spacial score (nSPS) is 18.4. The molecule has 104 valence electrons. The first-order valence-corrected chi connectivity index (χ1v) is 8.88. The Morgan fingerprint density at radius 2 is 1.84 bits per heavy atom. The molecule has 0 spiro atoms. The molecule has 0 aliphatic carbocycles. The third kappa shape index (κ3) is 3.26. The predicted molar refractivity (Wildman–Crippen MR) is 79.4 cm³/mol. The maximum absolute atomic E-state index is 12.5. The van der Waals surface area contributed by atoms with E-state index in [9.17, 15) is 13.2 Å². The van der Waals surface area contributed by atoms with Crippen LogP contribution in [0.4, 0.5) is 0 Å². The predicted octanol–water partition coefficient (Wildman–Crippen LogP) is 2.81. The molecule has 2 rings (SSSR count). The summed E-state index contributed by atoms with van der Waals surface area (Å²) in [5.41, 5.74) is 0. The van der Waals surface area contributed by atoms with E-state index in [0.29, 0.717) is 30.4 Å². The molecule has 1 aliphatic rings. The summed E-state index contributed by atoms with van der Waals surface area (Å²) in [6.07, 6.45) is 2.10. The van der Waals surface area contributed by atoms with E-state index in [4.69, 9.17) is 0 Å². The molecule has 0 aromatic heterocycles. The van der Waals surface area contributed by atoms with Gasteiger partial charge in [-0.15, -0.1) is 0 Å². The van der Waals surface area contributed by atoms with Crippen molar-refractivity contribution in [3.63, 3.8) is 0 Å². The quantitative estimate of drug-likeness (QED) is 0.720. The highest BCUT2D eigenvalue weighted by atomic mass is 79.9. The largest absolute Gasteiger partial charge is 0.303 e. The number of carbonyl (C=O) groups excluding carboxylic acids is 1. The number of hydrogen-bond donors (Lipinski definition) is 0. The number of hydrogen-bond acceptors (Lipinski definition) is 3. The Morgan fingerprint density at radius 3 is 2.37 bits per heavy atom. The fraction of sp³-hybridized carbons (Fsp3) is 0.417. The monoisotopic (exact) mass is 409 g/mol. The molecular weight excluding hydrogens is 398 g/mol. The van der Waals surface area contributed by atoms with Gasteiger partial charge in [0.2, 0.25) is 10.0 Å². The van der Waals surface area contributed by atoms with Crippen LogP contribution >= 0.6 is 31.9 Å². The molecule has 0 bridgehead atoms. The van der Waals surface area contributed by atoms with E-state index in [1.165, 1.54) is 4.31 Å². The molecule has 4 nitrogen and oxygen atoms in total. The summed E-state index contributed by atoms with van der Waals surface area (Å²) in [4.78, 5) is 11.0. The van der Waals surface area contributed by atoms with Crippen LogP contribution in [0, 0.1) is 5.92 Å². The highest BCUT2D eigenvalue weighted by Crippen LogP contribution is 2.30. The van der Waals surface area contributed by atoms with Gasteiger partial charge in [-0.25, -0.2) is 8.42 Å². The first kappa shape index (κ1) is 15.2. The van der Waals surface area contributed by atoms with Crippen molar-refractivity contribution in [2.45, 2.75) is 17.7 Å². The Balaban J connectivity index is 2.25. The van der Waals surface area contributed by atoms with Crippen LogP contribution in [0.2, 0.25) is 0 Å². The molecule has 19 heavy (non-hydrogen) atoms. The molecule has 0 saturated carbocycles. The minimum Gasteiger partial charge on any atom is -0.303 e. The van der Waals surface area contributed by atoms with Crippen molar-refractivity contribution in [2.24, 2.45) is 5.92 Å². The lowest BCUT2D eigenvalue weighted by Crippen LogP contribution is -2.38. The van der Waals surface area contributed by atoms with Crippen molar-refractivity contribution in [1.82, 2.24) is 4.31 Å². The van der Waals surface area contributed by atoms with Crippen molar-refractivity contribution < 1.29 is 13.2 Å². The lowest BCUT2D eigenvalue weighted by Gasteiger charge is -2.29. The van der Waals surface area contributed by atoms with Gasteiger partial charge in [0.25, 0.3) is 0 Å². The third-order valence-corrected chi connectivity index (χ3v) is 6.57. The van der Waals surface area contributed by atoms with Gasteiger partial charge in [0.1, 0.15) is 6.29 Å². The zero-order valence-electron chi connectivity index (χ0n) is 10.1. The standard InChI is InChI=1S/C12H13Br2NO3S/c13-10-1-2-12(11(14)7-10)19(17,18)15-5-3-9(8-16)4-6-15/h1-2,7-9H,3-6H2. The van der Waals surface area contributed by atoms with Crippen LogP contribution in [0.1, 0.15) is 12.8 Å². The van der Waals surface area contributed by atoms with E-state index in [2.05, 4.69) is 31.9 Å². The van der Waals surface area contributed by atoms with Gasteiger partial charge in [0.05, 0.1) is 4.90 Å². The summed E-state index contributed by atoms with van der Waals surface area (Å²) in [7, 11) is -3.49. The number of piperidine rings is 1. The Labute approximate surface area is 129 Å². The fourth-order valence-electron chi connectivity index (χ4n) is 2.08. The van der Waals surface area contributed by atoms with Crippen LogP contribution in [0.5, 0.6) is 0 Å². The van der Waals surface area contributed by atoms with Gasteiger partial charge >= 0.3 is 0 Å². The number of nitrogens with zero attached hydrogens (tertiary/aromatic N) is 1. The van der Waals surface area contributed by atoms with E-state index in [0.717, 1.165) is 10.8 Å². The number of aldehydes is 1. The van der Waals surface area contributed by atoms with Gasteiger partial charge in [-0.2, -0.15) is 4.31 Å². The van der Waals surface area contributed by atoms with Crippen LogP contribution in [-0.2, 0) is 14.8 Å². The van der Waals surface area contributed by atoms with E-state index >= 15 is 0 Å². The topological polar surface area (TPSA) is 54.5 Å². The molecule has 0 amide bonds. The molecule has 1 fully saturated rings. The minimum absolute atomic E-state index is 0.0141. The summed E-state index contributed by atoms with van der Waals surface area (Å²) < 4.78 is 27.8. The molecule has 7 heteroatoms. The first-order chi connectivity index (χ1) is 8.95. The van der Waals surface area contributed by atoms with E-state index in [1.807, 2.05) is 0 Å². The Bertz CT molecular complexity index is 581. The SMILES string of the molecule is O=CC1CCN(S(=O)(=O)c2ccc(Br)cc2Br)CC1. The van der Waals surface area contributed by atoms with E-state index < -0.39 is 10.0 Å². The molecule has 0 atom stereocenters. The van der Waals surface area contributed by atoms with Crippen molar-refractivity contribution in [2.75, 3.05) is 13.1 Å². The first-order valence-electron chi connectivity index (χ1n) is 5.85. The van der Waals surface area contributed by atoms with Gasteiger partial charge in [-0.1, -0.05) is 15.9 Å². The minimum atomic E-state index is -3.49. The smallest absolute Gasteiger partial charge is 0.244 e. The summed E-state index contributed by atoms with van der Waals surface area (Å²) in [5.74, 6) is -0.0141. The molecule has 0 radical (unpaired) electrons. The van der Waals surface area contributed by atoms with Crippen LogP contribution in [0.3, 0.4) is 0 Å². The number of rotatable bonds is 3.